The van der Waals surface area contributed by atoms with E-state index in [9.17, 15) is 13.7 Å². The molecule has 0 radical (unpaired) electrons. The van der Waals surface area contributed by atoms with Crippen LogP contribution >= 0.6 is 0 Å². The maximum absolute atomic E-state index is 15.5. The largest absolute Gasteiger partial charge is 0.335 e. The highest BCUT2D eigenvalue weighted by Crippen LogP contribution is 2.45. The van der Waals surface area contributed by atoms with Crippen LogP contribution in [0.3, 0.4) is 0 Å². The smallest absolute Gasteiger partial charge is 0.237 e. The minimum absolute atomic E-state index is 0.165. The predicted octanol–water partition coefficient (Wildman–Crippen LogP) is 6.64. The van der Waals surface area contributed by atoms with Gasteiger partial charge >= 0.3 is 0 Å². The molecule has 5 rings (SSSR count). The van der Waals surface area contributed by atoms with Gasteiger partial charge in [0.25, 0.3) is 0 Å². The zero-order valence-electron chi connectivity index (χ0n) is 20.4. The first kappa shape index (κ1) is 23.8. The molecule has 2 aliphatic carbocycles. The van der Waals surface area contributed by atoms with E-state index in [1.54, 1.807) is 39.0 Å². The fourth-order valence-electron chi connectivity index (χ4n) is 5.04. The van der Waals surface area contributed by atoms with Crippen molar-refractivity contribution in [2.24, 2.45) is 0 Å². The molecule has 184 valence electrons. The van der Waals surface area contributed by atoms with Gasteiger partial charge in [-0.05, 0) is 82.2 Å². The molecule has 8 heteroatoms. The van der Waals surface area contributed by atoms with E-state index in [0.29, 0.717) is 33.9 Å². The molecule has 3 aromatic rings. The summed E-state index contributed by atoms with van der Waals surface area (Å²) in [4.78, 5) is 4.55. The molecule has 0 saturated heterocycles. The second-order valence-electron chi connectivity index (χ2n) is 10.8. The SMILES string of the molecule is CC(C)(C)S(=O)(=O)Nc1ccc(-c2c(C#N)c3c(F)cc(C4CC4)cc3n2C2CCCCC2)nc1. The second kappa shape index (κ2) is 8.63. The van der Waals surface area contributed by atoms with Gasteiger partial charge in [0.2, 0.25) is 10.0 Å². The molecule has 2 aromatic heterocycles. The van der Waals surface area contributed by atoms with E-state index in [1.165, 1.54) is 12.6 Å². The fraction of sp³-hybridized carbons (Fsp3) is 0.481. The van der Waals surface area contributed by atoms with Gasteiger partial charge in [0.1, 0.15) is 11.9 Å². The third-order valence-electron chi connectivity index (χ3n) is 7.24. The minimum atomic E-state index is -3.60. The standard InChI is InChI=1S/C27H31FN4O2S/c1-27(2,3)35(33,34)31-19-11-12-23(30-16-19)26-21(15-29)25-22(28)13-18(17-9-10-17)14-24(25)32(26)20-7-5-4-6-8-20/h11-14,16-17,20,31H,4-10H2,1-3H3. The molecule has 1 N–H and O–H groups in total. The number of hydrogen-bond donors (Lipinski definition) is 1. The Hall–Kier alpha value is -2.92. The highest BCUT2D eigenvalue weighted by Gasteiger charge is 2.32. The Labute approximate surface area is 206 Å². The highest BCUT2D eigenvalue weighted by molar-refractivity contribution is 7.94. The van der Waals surface area contributed by atoms with Gasteiger partial charge in [-0.25, -0.2) is 12.8 Å². The van der Waals surface area contributed by atoms with Gasteiger partial charge < -0.3 is 4.57 Å². The number of rotatable bonds is 5. The lowest BCUT2D eigenvalue weighted by molar-refractivity contribution is 0.363. The number of sulfonamides is 1. The van der Waals surface area contributed by atoms with Crippen LogP contribution in [0.1, 0.15) is 88.8 Å². The van der Waals surface area contributed by atoms with Crippen molar-refractivity contribution in [1.82, 2.24) is 9.55 Å². The number of aromatic nitrogens is 2. The number of fused-ring (bicyclic) bond motifs is 1. The van der Waals surface area contributed by atoms with E-state index in [2.05, 4.69) is 26.4 Å². The van der Waals surface area contributed by atoms with Crippen LogP contribution in [0, 0.1) is 17.1 Å². The monoisotopic (exact) mass is 494 g/mol. The molecule has 35 heavy (non-hydrogen) atoms. The summed E-state index contributed by atoms with van der Waals surface area (Å²) in [7, 11) is -3.60. The first-order valence-electron chi connectivity index (χ1n) is 12.4. The lowest BCUT2D eigenvalue weighted by Gasteiger charge is -2.26. The van der Waals surface area contributed by atoms with E-state index in [0.717, 1.165) is 49.6 Å². The zero-order chi connectivity index (χ0) is 25.0. The Morgan fingerprint density at radius 3 is 2.40 bits per heavy atom. The predicted molar refractivity (Wildman–Crippen MR) is 136 cm³/mol. The summed E-state index contributed by atoms with van der Waals surface area (Å²) in [6.07, 6.45) is 8.92. The molecule has 1 aromatic carbocycles. The van der Waals surface area contributed by atoms with Gasteiger partial charge in [-0.1, -0.05) is 19.3 Å². The van der Waals surface area contributed by atoms with E-state index in [4.69, 9.17) is 0 Å². The van der Waals surface area contributed by atoms with Crippen molar-refractivity contribution in [3.8, 4) is 17.5 Å². The Morgan fingerprint density at radius 1 is 1.11 bits per heavy atom. The summed E-state index contributed by atoms with van der Waals surface area (Å²) in [5.74, 6) is 0.0390. The molecular formula is C27H31FN4O2S. The summed E-state index contributed by atoms with van der Waals surface area (Å²) in [6.45, 7) is 4.89. The molecule has 6 nitrogen and oxygen atoms in total. The van der Waals surface area contributed by atoms with E-state index in [1.807, 2.05) is 0 Å². The number of anilines is 1. The Kier molecular flexibility index (Phi) is 5.87. The average Bonchev–Trinajstić information content (AvgIpc) is 3.61. The molecule has 2 saturated carbocycles. The Bertz CT molecular complexity index is 1420. The van der Waals surface area contributed by atoms with Crippen molar-refractivity contribution in [2.45, 2.75) is 82.4 Å². The topological polar surface area (TPSA) is 87.8 Å². The Balaban J connectivity index is 1.67. The van der Waals surface area contributed by atoms with Crippen molar-refractivity contribution in [3.05, 3.63) is 47.4 Å². The van der Waals surface area contributed by atoms with Crippen molar-refractivity contribution in [1.29, 1.82) is 5.26 Å². The Morgan fingerprint density at radius 2 is 1.83 bits per heavy atom. The first-order chi connectivity index (χ1) is 16.6. The second-order valence-corrected chi connectivity index (χ2v) is 13.3. The number of nitrogens with zero attached hydrogens (tertiary/aromatic N) is 3. The molecule has 0 amide bonds. The number of nitrogens with one attached hydrogen (secondary N) is 1. The van der Waals surface area contributed by atoms with E-state index >= 15 is 4.39 Å². The number of pyridine rings is 1. The molecule has 0 atom stereocenters. The summed E-state index contributed by atoms with van der Waals surface area (Å²) in [6, 6.07) is 9.46. The molecular weight excluding hydrogens is 463 g/mol. The summed E-state index contributed by atoms with van der Waals surface area (Å²) in [5, 5.41) is 10.5. The zero-order valence-corrected chi connectivity index (χ0v) is 21.3. The minimum Gasteiger partial charge on any atom is -0.335 e. The van der Waals surface area contributed by atoms with E-state index < -0.39 is 14.8 Å². The quantitative estimate of drug-likeness (QED) is 0.431. The summed E-state index contributed by atoms with van der Waals surface area (Å²) >= 11 is 0. The molecule has 0 spiro atoms. The molecule has 0 unspecified atom stereocenters. The van der Waals surface area contributed by atoms with E-state index in [-0.39, 0.29) is 11.9 Å². The molecule has 2 fully saturated rings. The van der Waals surface area contributed by atoms with Crippen LogP contribution in [0.5, 0.6) is 0 Å². The third kappa shape index (κ3) is 4.31. The average molecular weight is 495 g/mol. The van der Waals surface area contributed by atoms with Crippen LogP contribution < -0.4 is 4.72 Å². The van der Waals surface area contributed by atoms with Crippen LogP contribution in [0.2, 0.25) is 0 Å². The maximum Gasteiger partial charge on any atom is 0.237 e. The lowest BCUT2D eigenvalue weighted by atomic mass is 9.94. The molecule has 2 heterocycles. The van der Waals surface area contributed by atoms with Gasteiger partial charge in [-0.2, -0.15) is 5.26 Å². The fourth-order valence-corrected chi connectivity index (χ4v) is 5.78. The van der Waals surface area contributed by atoms with Gasteiger partial charge in [0, 0.05) is 6.04 Å². The third-order valence-corrected chi connectivity index (χ3v) is 9.36. The van der Waals surface area contributed by atoms with Crippen LogP contribution in [0.15, 0.2) is 30.5 Å². The first-order valence-corrected chi connectivity index (χ1v) is 13.9. The van der Waals surface area contributed by atoms with Crippen molar-refractivity contribution in [3.63, 3.8) is 0 Å². The highest BCUT2D eigenvalue weighted by atomic mass is 32.2. The van der Waals surface area contributed by atoms with Gasteiger partial charge in [0.05, 0.1) is 44.5 Å². The maximum atomic E-state index is 15.5. The summed E-state index contributed by atoms with van der Waals surface area (Å²) < 4.78 is 44.3. The lowest BCUT2D eigenvalue weighted by Crippen LogP contribution is -2.33. The number of hydrogen-bond acceptors (Lipinski definition) is 4. The number of halogens is 1. The molecule has 2 aliphatic rings. The van der Waals surface area contributed by atoms with Gasteiger partial charge in [-0.15, -0.1) is 0 Å². The summed E-state index contributed by atoms with van der Waals surface area (Å²) in [5.41, 5.74) is 3.57. The van der Waals surface area contributed by atoms with Crippen LogP contribution in [0.4, 0.5) is 10.1 Å². The van der Waals surface area contributed by atoms with Crippen molar-refractivity contribution >= 4 is 26.6 Å². The van der Waals surface area contributed by atoms with Gasteiger partial charge in [0.15, 0.2) is 0 Å². The number of benzene rings is 1. The van der Waals surface area contributed by atoms with Crippen molar-refractivity contribution in [2.75, 3.05) is 4.72 Å². The van der Waals surface area contributed by atoms with Crippen molar-refractivity contribution < 1.29 is 12.8 Å². The molecule has 0 aliphatic heterocycles. The molecule has 0 bridgehead atoms. The normalized spacial score (nSPS) is 17.5. The van der Waals surface area contributed by atoms with Crippen LogP contribution in [-0.2, 0) is 10.0 Å². The van der Waals surface area contributed by atoms with Crippen LogP contribution in [-0.4, -0.2) is 22.7 Å². The van der Waals surface area contributed by atoms with Crippen LogP contribution in [0.25, 0.3) is 22.3 Å². The van der Waals surface area contributed by atoms with Gasteiger partial charge in [-0.3, -0.25) is 9.71 Å². The number of nitriles is 1.